The molecule has 0 aliphatic carbocycles. The van der Waals surface area contributed by atoms with Crippen LogP contribution in [0.3, 0.4) is 0 Å². The van der Waals surface area contributed by atoms with Gasteiger partial charge in [0.2, 0.25) is 10.0 Å². The average Bonchev–Trinajstić information content (AvgIpc) is 2.25. The molecule has 0 aliphatic heterocycles. The monoisotopic (exact) mass is 326 g/mol. The van der Waals surface area contributed by atoms with E-state index in [1.165, 1.54) is 19.2 Å². The van der Waals surface area contributed by atoms with Crippen LogP contribution in [-0.2, 0) is 14.8 Å². The van der Waals surface area contributed by atoms with Gasteiger partial charge in [0.25, 0.3) is 0 Å². The molecule has 108 valence electrons. The Hall–Kier alpha value is -0.530. The van der Waals surface area contributed by atoms with Crippen molar-refractivity contribution in [2.24, 2.45) is 0 Å². The summed E-state index contributed by atoms with van der Waals surface area (Å²) in [4.78, 5) is -0.175. The SMILES string of the molecule is COC(C)(C)CNS(=O)(=O)c1c(N)cc(Cl)cc1Cl. The second-order valence-corrected chi connectivity index (χ2v) is 7.14. The Kier molecular flexibility index (Phi) is 5.08. The van der Waals surface area contributed by atoms with Crippen LogP contribution in [0.5, 0.6) is 0 Å². The summed E-state index contributed by atoms with van der Waals surface area (Å²) in [6.07, 6.45) is 0. The Labute approximate surface area is 123 Å². The van der Waals surface area contributed by atoms with Gasteiger partial charge in [-0.2, -0.15) is 0 Å². The second kappa shape index (κ2) is 5.85. The maximum Gasteiger partial charge on any atom is 0.244 e. The van der Waals surface area contributed by atoms with Crippen LogP contribution in [0.2, 0.25) is 10.0 Å². The molecular formula is C11H16Cl2N2O3S. The zero-order chi connectivity index (χ0) is 14.8. The smallest absolute Gasteiger partial charge is 0.244 e. The van der Waals surface area contributed by atoms with Crippen molar-refractivity contribution < 1.29 is 13.2 Å². The summed E-state index contributed by atoms with van der Waals surface area (Å²) >= 11 is 11.6. The molecular weight excluding hydrogens is 311 g/mol. The first kappa shape index (κ1) is 16.5. The number of rotatable bonds is 5. The first-order valence-corrected chi connectivity index (χ1v) is 7.62. The fourth-order valence-corrected chi connectivity index (χ4v) is 3.46. The number of methoxy groups -OCH3 is 1. The highest BCUT2D eigenvalue weighted by Crippen LogP contribution is 2.31. The van der Waals surface area contributed by atoms with E-state index in [-0.39, 0.29) is 27.2 Å². The predicted molar refractivity (Wildman–Crippen MR) is 77.2 cm³/mol. The Morgan fingerprint density at radius 2 is 1.95 bits per heavy atom. The molecule has 0 saturated carbocycles. The number of anilines is 1. The maximum absolute atomic E-state index is 12.2. The average molecular weight is 327 g/mol. The Balaban J connectivity index is 3.09. The van der Waals surface area contributed by atoms with Gasteiger partial charge < -0.3 is 10.5 Å². The Morgan fingerprint density at radius 3 is 2.42 bits per heavy atom. The van der Waals surface area contributed by atoms with Gasteiger partial charge in [-0.15, -0.1) is 0 Å². The van der Waals surface area contributed by atoms with Crippen molar-refractivity contribution >= 4 is 38.9 Å². The largest absolute Gasteiger partial charge is 0.398 e. The summed E-state index contributed by atoms with van der Waals surface area (Å²) in [5, 5.41) is 0.256. The van der Waals surface area contributed by atoms with Gasteiger partial charge in [-0.05, 0) is 26.0 Å². The van der Waals surface area contributed by atoms with E-state index in [0.29, 0.717) is 0 Å². The molecule has 1 aromatic rings. The zero-order valence-electron chi connectivity index (χ0n) is 10.8. The second-order valence-electron chi connectivity index (χ2n) is 4.59. The lowest BCUT2D eigenvalue weighted by Gasteiger charge is -2.23. The van der Waals surface area contributed by atoms with Crippen LogP contribution in [0.25, 0.3) is 0 Å². The number of hydrogen-bond donors (Lipinski definition) is 2. The van der Waals surface area contributed by atoms with Crippen LogP contribution in [0.4, 0.5) is 5.69 Å². The maximum atomic E-state index is 12.2. The minimum Gasteiger partial charge on any atom is -0.398 e. The van der Waals surface area contributed by atoms with Crippen molar-refractivity contribution in [3.05, 3.63) is 22.2 Å². The van der Waals surface area contributed by atoms with Gasteiger partial charge in [0.15, 0.2) is 0 Å². The molecule has 0 saturated heterocycles. The Morgan fingerprint density at radius 1 is 1.37 bits per heavy atom. The van der Waals surface area contributed by atoms with Crippen molar-refractivity contribution in [1.82, 2.24) is 4.72 Å². The topological polar surface area (TPSA) is 81.4 Å². The van der Waals surface area contributed by atoms with Crippen LogP contribution in [0.15, 0.2) is 17.0 Å². The van der Waals surface area contributed by atoms with Crippen LogP contribution in [0, 0.1) is 0 Å². The summed E-state index contributed by atoms with van der Waals surface area (Å²) in [6.45, 7) is 3.59. The van der Waals surface area contributed by atoms with E-state index in [9.17, 15) is 8.42 Å². The van der Waals surface area contributed by atoms with E-state index >= 15 is 0 Å². The number of nitrogens with two attached hydrogens (primary N) is 1. The summed E-state index contributed by atoms with van der Waals surface area (Å²) < 4.78 is 31.9. The molecule has 1 aromatic carbocycles. The molecule has 0 spiro atoms. The lowest BCUT2D eigenvalue weighted by atomic mass is 10.1. The third-order valence-electron chi connectivity index (χ3n) is 2.55. The van der Waals surface area contributed by atoms with Crippen molar-refractivity contribution in [1.29, 1.82) is 0 Å². The standard InChI is InChI=1S/C11H16Cl2N2O3S/c1-11(2,18-3)6-15-19(16,17)10-8(13)4-7(12)5-9(10)14/h4-5,15H,6,14H2,1-3H3. The molecule has 0 bridgehead atoms. The van der Waals surface area contributed by atoms with Crippen molar-refractivity contribution in [3.8, 4) is 0 Å². The van der Waals surface area contributed by atoms with E-state index in [2.05, 4.69) is 4.72 Å². The lowest BCUT2D eigenvalue weighted by Crippen LogP contribution is -2.39. The van der Waals surface area contributed by atoms with Gasteiger partial charge >= 0.3 is 0 Å². The highest BCUT2D eigenvalue weighted by Gasteiger charge is 2.25. The molecule has 0 heterocycles. The molecule has 19 heavy (non-hydrogen) atoms. The minimum absolute atomic E-state index is 0.000206. The first-order chi connectivity index (χ1) is 8.59. The highest BCUT2D eigenvalue weighted by atomic mass is 35.5. The molecule has 0 atom stereocenters. The third-order valence-corrected chi connectivity index (χ3v) is 4.69. The van der Waals surface area contributed by atoms with Crippen molar-refractivity contribution in [2.75, 3.05) is 19.4 Å². The highest BCUT2D eigenvalue weighted by molar-refractivity contribution is 7.89. The van der Waals surface area contributed by atoms with Gasteiger partial charge in [-0.1, -0.05) is 23.2 Å². The van der Waals surface area contributed by atoms with E-state index in [0.717, 1.165) is 0 Å². The molecule has 0 amide bonds. The number of nitrogens with one attached hydrogen (secondary N) is 1. The summed E-state index contributed by atoms with van der Waals surface area (Å²) in [5.74, 6) is 0. The number of ether oxygens (including phenoxy) is 1. The van der Waals surface area contributed by atoms with Crippen LogP contribution in [-0.4, -0.2) is 27.7 Å². The molecule has 8 heteroatoms. The fourth-order valence-electron chi connectivity index (χ4n) is 1.28. The number of halogens is 2. The quantitative estimate of drug-likeness (QED) is 0.813. The first-order valence-electron chi connectivity index (χ1n) is 5.38. The number of benzene rings is 1. The Bertz CT molecular complexity index is 550. The summed E-state index contributed by atoms with van der Waals surface area (Å²) in [5.41, 5.74) is 5.02. The normalized spacial score (nSPS) is 12.7. The molecule has 0 radical (unpaired) electrons. The van der Waals surface area contributed by atoms with Crippen molar-refractivity contribution in [2.45, 2.75) is 24.3 Å². The van der Waals surface area contributed by atoms with Crippen LogP contribution < -0.4 is 10.5 Å². The molecule has 0 fully saturated rings. The number of hydrogen-bond acceptors (Lipinski definition) is 4. The van der Waals surface area contributed by atoms with Crippen molar-refractivity contribution in [3.63, 3.8) is 0 Å². The number of sulfonamides is 1. The van der Waals surface area contributed by atoms with Crippen LogP contribution >= 0.6 is 23.2 Å². The van der Waals surface area contributed by atoms with E-state index in [4.69, 9.17) is 33.7 Å². The zero-order valence-corrected chi connectivity index (χ0v) is 13.2. The molecule has 3 N–H and O–H groups in total. The minimum atomic E-state index is -3.83. The molecule has 0 aromatic heterocycles. The summed E-state index contributed by atoms with van der Waals surface area (Å²) in [7, 11) is -2.33. The van der Waals surface area contributed by atoms with Gasteiger partial charge in [0.1, 0.15) is 4.90 Å². The van der Waals surface area contributed by atoms with Gasteiger partial charge in [0.05, 0.1) is 16.3 Å². The third kappa shape index (κ3) is 4.22. The lowest BCUT2D eigenvalue weighted by molar-refractivity contribution is 0.0276. The van der Waals surface area contributed by atoms with Gasteiger partial charge in [0, 0.05) is 18.7 Å². The van der Waals surface area contributed by atoms with Gasteiger partial charge in [-0.25, -0.2) is 13.1 Å². The molecule has 0 aliphatic rings. The van der Waals surface area contributed by atoms with E-state index in [1.807, 2.05) is 0 Å². The van der Waals surface area contributed by atoms with E-state index in [1.54, 1.807) is 13.8 Å². The summed E-state index contributed by atoms with van der Waals surface area (Å²) in [6, 6.07) is 2.67. The van der Waals surface area contributed by atoms with E-state index < -0.39 is 15.6 Å². The molecule has 5 nitrogen and oxygen atoms in total. The molecule has 0 unspecified atom stereocenters. The predicted octanol–water partition coefficient (Wildman–Crippen LogP) is 2.28. The van der Waals surface area contributed by atoms with Crippen LogP contribution in [0.1, 0.15) is 13.8 Å². The van der Waals surface area contributed by atoms with Gasteiger partial charge in [-0.3, -0.25) is 0 Å². The fraction of sp³-hybridized carbons (Fsp3) is 0.455. The number of nitrogen functional groups attached to an aromatic ring is 1. The molecule has 1 rings (SSSR count).